The first-order valence-electron chi connectivity index (χ1n) is 11.8. The van der Waals surface area contributed by atoms with E-state index in [0.29, 0.717) is 6.54 Å². The molecule has 0 radical (unpaired) electrons. The largest absolute Gasteiger partial charge is 0.392 e. The van der Waals surface area contributed by atoms with Crippen LogP contribution in [0.2, 0.25) is 0 Å². The summed E-state index contributed by atoms with van der Waals surface area (Å²) in [5, 5.41) is 9.52. The molecular formula is C29H34N2O3. The predicted octanol–water partition coefficient (Wildman–Crippen LogP) is 4.69. The van der Waals surface area contributed by atoms with Crippen LogP contribution in [0.4, 0.5) is 0 Å². The number of aliphatic hydroxyl groups excluding tert-OH is 1. The van der Waals surface area contributed by atoms with Gasteiger partial charge in [0.1, 0.15) is 0 Å². The molecule has 0 aromatic heterocycles. The maximum Gasteiger partial charge on any atom is 0.184 e. The first kappa shape index (κ1) is 24.3. The van der Waals surface area contributed by atoms with Gasteiger partial charge in [-0.05, 0) is 29.3 Å². The summed E-state index contributed by atoms with van der Waals surface area (Å²) in [6.45, 7) is 5.91. The van der Waals surface area contributed by atoms with Gasteiger partial charge in [0.05, 0.1) is 18.8 Å². The molecule has 178 valence electrons. The molecule has 1 heterocycles. The number of likely N-dealkylation sites (N-methyl/N-ethyl adjacent to an activating group) is 1. The van der Waals surface area contributed by atoms with E-state index in [9.17, 15) is 5.11 Å². The first-order chi connectivity index (χ1) is 16.6. The summed E-state index contributed by atoms with van der Waals surface area (Å²) in [5.74, 6) is -0.00648. The lowest BCUT2D eigenvalue weighted by molar-refractivity contribution is -0.263. The normalized spacial score (nSPS) is 22.6. The van der Waals surface area contributed by atoms with E-state index in [4.69, 9.17) is 15.2 Å². The van der Waals surface area contributed by atoms with Crippen LogP contribution in [0.15, 0.2) is 91.5 Å². The van der Waals surface area contributed by atoms with Crippen LogP contribution < -0.4 is 5.73 Å². The molecule has 34 heavy (non-hydrogen) atoms. The molecule has 5 heteroatoms. The van der Waals surface area contributed by atoms with Crippen molar-refractivity contribution in [2.45, 2.75) is 37.6 Å². The molecule has 1 saturated heterocycles. The van der Waals surface area contributed by atoms with Gasteiger partial charge >= 0.3 is 0 Å². The van der Waals surface area contributed by atoms with Gasteiger partial charge in [0, 0.05) is 31.1 Å². The minimum atomic E-state index is -0.503. The van der Waals surface area contributed by atoms with Gasteiger partial charge in [-0.2, -0.15) is 0 Å². The van der Waals surface area contributed by atoms with Crippen molar-refractivity contribution >= 4 is 0 Å². The lowest BCUT2D eigenvalue weighted by Crippen LogP contribution is -2.43. The third-order valence-electron chi connectivity index (χ3n) is 6.39. The van der Waals surface area contributed by atoms with Gasteiger partial charge in [0.2, 0.25) is 0 Å². The molecular weight excluding hydrogens is 424 g/mol. The van der Waals surface area contributed by atoms with E-state index in [2.05, 4.69) is 54.9 Å². The second kappa shape index (κ2) is 11.6. The summed E-state index contributed by atoms with van der Waals surface area (Å²) in [6, 6.07) is 26.6. The Kier molecular flexibility index (Phi) is 8.27. The summed E-state index contributed by atoms with van der Waals surface area (Å²) in [4.78, 5) is 2.22. The second-order valence-electron chi connectivity index (χ2n) is 8.85. The van der Waals surface area contributed by atoms with Crippen molar-refractivity contribution in [2.75, 3.05) is 20.1 Å². The van der Waals surface area contributed by atoms with Crippen molar-refractivity contribution in [1.82, 2.24) is 4.90 Å². The van der Waals surface area contributed by atoms with Crippen LogP contribution in [0.5, 0.6) is 0 Å². The van der Waals surface area contributed by atoms with Crippen molar-refractivity contribution in [2.24, 2.45) is 5.73 Å². The summed E-state index contributed by atoms with van der Waals surface area (Å²) in [7, 11) is 2.08. The molecule has 3 N–H and O–H groups in total. The predicted molar refractivity (Wildman–Crippen MR) is 135 cm³/mol. The fourth-order valence-corrected chi connectivity index (χ4v) is 4.58. The topological polar surface area (TPSA) is 68.0 Å². The van der Waals surface area contributed by atoms with Gasteiger partial charge < -0.3 is 25.2 Å². The molecule has 5 nitrogen and oxygen atoms in total. The van der Waals surface area contributed by atoms with Crippen LogP contribution in [0, 0.1) is 0 Å². The first-order valence-corrected chi connectivity index (χ1v) is 11.8. The highest BCUT2D eigenvalue weighted by Gasteiger charge is 2.42. The Morgan fingerprint density at radius 2 is 1.53 bits per heavy atom. The van der Waals surface area contributed by atoms with Crippen molar-refractivity contribution in [3.8, 4) is 0 Å². The van der Waals surface area contributed by atoms with Gasteiger partial charge in [0.25, 0.3) is 0 Å². The Labute approximate surface area is 202 Å². The summed E-state index contributed by atoms with van der Waals surface area (Å²) < 4.78 is 13.3. The standard InChI is InChI=1S/C29H34N2O3/c1-3-17-31(2)19-26-27(23-7-5-4-6-8-23)28(24-13-11-22(20-32)12-14-24)34-29(33-26)25-15-9-21(18-30)10-16-25/h3-16,26-29,32H,1,17-20,30H2,2H3/t26-,27-,28+,29?/m1/s1. The Bertz CT molecular complexity index is 1040. The van der Waals surface area contributed by atoms with E-state index >= 15 is 0 Å². The summed E-state index contributed by atoms with van der Waals surface area (Å²) >= 11 is 0. The molecule has 3 aromatic rings. The number of hydrogen-bond donors (Lipinski definition) is 2. The van der Waals surface area contributed by atoms with Gasteiger partial charge in [0.15, 0.2) is 6.29 Å². The molecule has 0 bridgehead atoms. The minimum absolute atomic E-state index is 0.00648. The van der Waals surface area contributed by atoms with Gasteiger partial charge in [-0.25, -0.2) is 0 Å². The van der Waals surface area contributed by atoms with Crippen molar-refractivity contribution in [3.63, 3.8) is 0 Å². The number of hydrogen-bond acceptors (Lipinski definition) is 5. The van der Waals surface area contributed by atoms with E-state index < -0.39 is 6.29 Å². The van der Waals surface area contributed by atoms with Crippen molar-refractivity contribution in [1.29, 1.82) is 0 Å². The average Bonchev–Trinajstić information content (AvgIpc) is 2.89. The van der Waals surface area contributed by atoms with Crippen LogP contribution in [0.25, 0.3) is 0 Å². The number of nitrogens with zero attached hydrogens (tertiary/aromatic N) is 1. The van der Waals surface area contributed by atoms with Crippen molar-refractivity contribution < 1.29 is 14.6 Å². The maximum atomic E-state index is 9.52. The molecule has 3 aromatic carbocycles. The lowest BCUT2D eigenvalue weighted by atomic mass is 9.83. The zero-order valence-corrected chi connectivity index (χ0v) is 19.7. The maximum absolute atomic E-state index is 9.52. The molecule has 0 spiro atoms. The number of rotatable bonds is 9. The number of nitrogens with two attached hydrogens (primary N) is 1. The van der Waals surface area contributed by atoms with Gasteiger partial charge in [-0.15, -0.1) is 6.58 Å². The molecule has 4 atom stereocenters. The Morgan fingerprint density at radius 3 is 2.15 bits per heavy atom. The second-order valence-corrected chi connectivity index (χ2v) is 8.85. The number of aliphatic hydroxyl groups is 1. The van der Waals surface area contributed by atoms with E-state index in [1.54, 1.807) is 0 Å². The Balaban J connectivity index is 1.75. The van der Waals surface area contributed by atoms with Gasteiger partial charge in [-0.3, -0.25) is 0 Å². The molecule has 0 saturated carbocycles. The zero-order valence-electron chi connectivity index (χ0n) is 19.7. The van der Waals surface area contributed by atoms with Crippen molar-refractivity contribution in [3.05, 3.63) is 119 Å². The highest BCUT2D eigenvalue weighted by molar-refractivity contribution is 5.32. The van der Waals surface area contributed by atoms with Crippen LogP contribution in [0.3, 0.4) is 0 Å². The van der Waals surface area contributed by atoms with Crippen LogP contribution in [-0.4, -0.2) is 36.2 Å². The summed E-state index contributed by atoms with van der Waals surface area (Å²) in [6.07, 6.45) is 1.08. The van der Waals surface area contributed by atoms with Gasteiger partial charge in [-0.1, -0.05) is 84.9 Å². The molecule has 1 fully saturated rings. The zero-order chi connectivity index (χ0) is 23.9. The Morgan fingerprint density at radius 1 is 0.882 bits per heavy atom. The smallest absolute Gasteiger partial charge is 0.184 e. The molecule has 1 aliphatic heterocycles. The average molecular weight is 459 g/mol. The quantitative estimate of drug-likeness (QED) is 0.455. The molecule has 0 aliphatic carbocycles. The molecule has 4 rings (SSSR count). The highest BCUT2D eigenvalue weighted by atomic mass is 16.7. The summed E-state index contributed by atoms with van der Waals surface area (Å²) in [5.41, 5.74) is 10.9. The van der Waals surface area contributed by atoms with E-state index in [0.717, 1.165) is 35.3 Å². The molecule has 1 unspecified atom stereocenters. The van der Waals surface area contributed by atoms with Crippen LogP contribution in [-0.2, 0) is 22.6 Å². The van der Waals surface area contributed by atoms with Crippen LogP contribution in [0.1, 0.15) is 46.1 Å². The third-order valence-corrected chi connectivity index (χ3v) is 6.39. The van der Waals surface area contributed by atoms with E-state index in [-0.39, 0.29) is 24.7 Å². The lowest BCUT2D eigenvalue weighted by Gasteiger charge is -2.44. The third kappa shape index (κ3) is 5.63. The number of benzene rings is 3. The fraction of sp³-hybridized carbons (Fsp3) is 0.310. The minimum Gasteiger partial charge on any atom is -0.392 e. The molecule has 0 amide bonds. The fourth-order valence-electron chi connectivity index (χ4n) is 4.58. The highest BCUT2D eigenvalue weighted by Crippen LogP contribution is 2.47. The molecule has 1 aliphatic rings. The van der Waals surface area contributed by atoms with Crippen LogP contribution >= 0.6 is 0 Å². The van der Waals surface area contributed by atoms with E-state index in [1.165, 1.54) is 5.56 Å². The number of ether oxygens (including phenoxy) is 2. The SMILES string of the molecule is C=CCN(C)C[C@H]1OC(c2ccc(CN)cc2)O[C@@H](c2ccc(CO)cc2)[C@@H]1c1ccccc1. The monoisotopic (exact) mass is 458 g/mol. The Hall–Kier alpha value is -2.80. The van der Waals surface area contributed by atoms with E-state index in [1.807, 2.05) is 48.5 Å².